The summed E-state index contributed by atoms with van der Waals surface area (Å²) in [4.78, 5) is 24.3. The van der Waals surface area contributed by atoms with Crippen LogP contribution in [0.15, 0.2) is 24.3 Å². The predicted octanol–water partition coefficient (Wildman–Crippen LogP) is 2.07. The van der Waals surface area contributed by atoms with Crippen LogP contribution >= 0.6 is 0 Å². The maximum absolute atomic E-state index is 11.9. The standard InChI is InChI=1S/C13H17NO3/c1-4-11(13(16)17)12(15)14(3)10-7-5-9(2)6-8-10/h5-8,11H,4H2,1-3H3,(H,16,17). The Labute approximate surface area is 101 Å². The van der Waals surface area contributed by atoms with Crippen molar-refractivity contribution in [2.75, 3.05) is 11.9 Å². The minimum atomic E-state index is -1.07. The Hall–Kier alpha value is -1.84. The van der Waals surface area contributed by atoms with E-state index in [2.05, 4.69) is 0 Å². The maximum atomic E-state index is 11.9. The third kappa shape index (κ3) is 3.06. The first-order valence-corrected chi connectivity index (χ1v) is 5.54. The van der Waals surface area contributed by atoms with Crippen LogP contribution in [0.4, 0.5) is 5.69 Å². The van der Waals surface area contributed by atoms with Crippen LogP contribution in [-0.4, -0.2) is 24.0 Å². The number of rotatable bonds is 4. The largest absolute Gasteiger partial charge is 0.481 e. The molecular weight excluding hydrogens is 218 g/mol. The molecule has 0 heterocycles. The average Bonchev–Trinajstić information content (AvgIpc) is 2.29. The number of carboxylic acid groups (broad SMARTS) is 1. The Kier molecular flexibility index (Phi) is 4.26. The van der Waals surface area contributed by atoms with E-state index in [1.54, 1.807) is 14.0 Å². The zero-order valence-corrected chi connectivity index (χ0v) is 10.3. The zero-order chi connectivity index (χ0) is 13.0. The molecule has 0 saturated carbocycles. The monoisotopic (exact) mass is 235 g/mol. The number of hydrogen-bond acceptors (Lipinski definition) is 2. The topological polar surface area (TPSA) is 57.6 Å². The van der Waals surface area contributed by atoms with E-state index in [0.29, 0.717) is 12.1 Å². The van der Waals surface area contributed by atoms with Gasteiger partial charge in [0.1, 0.15) is 5.92 Å². The molecule has 0 bridgehead atoms. The smallest absolute Gasteiger partial charge is 0.316 e. The molecule has 1 aromatic rings. The molecule has 0 radical (unpaired) electrons. The van der Waals surface area contributed by atoms with E-state index in [-0.39, 0.29) is 5.91 Å². The third-order valence-corrected chi connectivity index (χ3v) is 2.76. The first-order valence-electron chi connectivity index (χ1n) is 5.54. The van der Waals surface area contributed by atoms with E-state index in [1.165, 1.54) is 4.90 Å². The minimum absolute atomic E-state index is 0.296. The number of aryl methyl sites for hydroxylation is 1. The number of hydrogen-bond donors (Lipinski definition) is 1. The van der Waals surface area contributed by atoms with E-state index in [1.807, 2.05) is 31.2 Å². The fourth-order valence-electron chi connectivity index (χ4n) is 1.58. The van der Waals surface area contributed by atoms with Gasteiger partial charge in [-0.15, -0.1) is 0 Å². The molecule has 0 saturated heterocycles. The average molecular weight is 235 g/mol. The van der Waals surface area contributed by atoms with Crippen molar-refractivity contribution in [2.24, 2.45) is 5.92 Å². The molecule has 1 amide bonds. The van der Waals surface area contributed by atoms with Gasteiger partial charge in [-0.05, 0) is 25.5 Å². The molecule has 1 unspecified atom stereocenters. The molecule has 4 heteroatoms. The van der Waals surface area contributed by atoms with Crippen LogP contribution < -0.4 is 4.90 Å². The fraction of sp³-hybridized carbons (Fsp3) is 0.385. The van der Waals surface area contributed by atoms with Crippen molar-refractivity contribution in [3.63, 3.8) is 0 Å². The second-order valence-corrected chi connectivity index (χ2v) is 4.03. The highest BCUT2D eigenvalue weighted by Crippen LogP contribution is 2.17. The van der Waals surface area contributed by atoms with Crippen molar-refractivity contribution in [3.05, 3.63) is 29.8 Å². The van der Waals surface area contributed by atoms with Crippen LogP contribution in [0.3, 0.4) is 0 Å². The van der Waals surface area contributed by atoms with Crippen molar-refractivity contribution >= 4 is 17.6 Å². The summed E-state index contributed by atoms with van der Waals surface area (Å²) in [5.41, 5.74) is 1.81. The Morgan fingerprint density at radius 2 is 1.82 bits per heavy atom. The Balaban J connectivity index is 2.89. The van der Waals surface area contributed by atoms with Crippen LogP contribution in [0.1, 0.15) is 18.9 Å². The molecule has 92 valence electrons. The summed E-state index contributed by atoms with van der Waals surface area (Å²) in [6, 6.07) is 7.39. The molecular formula is C13H17NO3. The van der Waals surface area contributed by atoms with Crippen molar-refractivity contribution in [3.8, 4) is 0 Å². The normalized spacial score (nSPS) is 11.9. The summed E-state index contributed by atoms with van der Waals surface area (Å²) >= 11 is 0. The highest BCUT2D eigenvalue weighted by molar-refractivity contribution is 6.05. The lowest BCUT2D eigenvalue weighted by Gasteiger charge is -2.20. The molecule has 0 aromatic heterocycles. The quantitative estimate of drug-likeness (QED) is 0.813. The molecule has 0 aliphatic heterocycles. The number of nitrogens with zero attached hydrogens (tertiary/aromatic N) is 1. The lowest BCUT2D eigenvalue weighted by atomic mass is 10.1. The van der Waals surface area contributed by atoms with E-state index >= 15 is 0 Å². The number of benzene rings is 1. The summed E-state index contributed by atoms with van der Waals surface area (Å²) in [6.07, 6.45) is 0.296. The van der Waals surface area contributed by atoms with Gasteiger partial charge in [-0.25, -0.2) is 0 Å². The minimum Gasteiger partial charge on any atom is -0.481 e. The number of amides is 1. The van der Waals surface area contributed by atoms with Crippen molar-refractivity contribution < 1.29 is 14.7 Å². The second kappa shape index (κ2) is 5.48. The number of carbonyl (C=O) groups excluding carboxylic acids is 1. The first kappa shape index (κ1) is 13.2. The molecule has 0 spiro atoms. The van der Waals surface area contributed by atoms with Crippen LogP contribution in [0, 0.1) is 12.8 Å². The fourth-order valence-corrected chi connectivity index (χ4v) is 1.58. The summed E-state index contributed by atoms with van der Waals surface area (Å²) in [5.74, 6) is -2.43. The van der Waals surface area contributed by atoms with Gasteiger partial charge in [-0.2, -0.15) is 0 Å². The summed E-state index contributed by atoms with van der Waals surface area (Å²) in [6.45, 7) is 3.65. The molecule has 0 aliphatic carbocycles. The summed E-state index contributed by atoms with van der Waals surface area (Å²) in [7, 11) is 1.60. The number of anilines is 1. The maximum Gasteiger partial charge on any atom is 0.316 e. The highest BCUT2D eigenvalue weighted by Gasteiger charge is 2.27. The zero-order valence-electron chi connectivity index (χ0n) is 10.3. The Bertz CT molecular complexity index is 411. The van der Waals surface area contributed by atoms with Gasteiger partial charge in [0.2, 0.25) is 5.91 Å². The number of carbonyl (C=O) groups is 2. The molecule has 17 heavy (non-hydrogen) atoms. The van der Waals surface area contributed by atoms with Gasteiger partial charge in [0, 0.05) is 12.7 Å². The van der Waals surface area contributed by atoms with Crippen LogP contribution in [0.5, 0.6) is 0 Å². The van der Waals surface area contributed by atoms with Gasteiger partial charge in [-0.3, -0.25) is 9.59 Å². The van der Waals surface area contributed by atoms with E-state index in [4.69, 9.17) is 5.11 Å². The molecule has 1 rings (SSSR count). The van der Waals surface area contributed by atoms with E-state index < -0.39 is 11.9 Å². The van der Waals surface area contributed by atoms with Gasteiger partial charge in [0.15, 0.2) is 0 Å². The van der Waals surface area contributed by atoms with Gasteiger partial charge in [0.25, 0.3) is 0 Å². The van der Waals surface area contributed by atoms with Gasteiger partial charge in [-0.1, -0.05) is 24.6 Å². The molecule has 1 atom stereocenters. The Morgan fingerprint density at radius 1 is 1.29 bits per heavy atom. The summed E-state index contributed by atoms with van der Waals surface area (Å²) in [5, 5.41) is 8.94. The molecule has 0 aliphatic rings. The summed E-state index contributed by atoms with van der Waals surface area (Å²) < 4.78 is 0. The van der Waals surface area contributed by atoms with Crippen LogP contribution in [-0.2, 0) is 9.59 Å². The SMILES string of the molecule is CCC(C(=O)O)C(=O)N(C)c1ccc(C)cc1. The van der Waals surface area contributed by atoms with Gasteiger partial charge >= 0.3 is 5.97 Å². The van der Waals surface area contributed by atoms with Crippen molar-refractivity contribution in [2.45, 2.75) is 20.3 Å². The third-order valence-electron chi connectivity index (χ3n) is 2.76. The van der Waals surface area contributed by atoms with Gasteiger partial charge < -0.3 is 10.0 Å². The second-order valence-electron chi connectivity index (χ2n) is 4.03. The number of carboxylic acids is 1. The lowest BCUT2D eigenvalue weighted by molar-refractivity contribution is -0.146. The van der Waals surface area contributed by atoms with Crippen LogP contribution in [0.25, 0.3) is 0 Å². The van der Waals surface area contributed by atoms with Crippen molar-refractivity contribution in [1.82, 2.24) is 0 Å². The van der Waals surface area contributed by atoms with E-state index in [9.17, 15) is 9.59 Å². The molecule has 1 N–H and O–H groups in total. The first-order chi connectivity index (χ1) is 7.97. The lowest BCUT2D eigenvalue weighted by Crippen LogP contribution is -2.36. The Morgan fingerprint density at radius 3 is 2.24 bits per heavy atom. The number of aliphatic carboxylic acids is 1. The predicted molar refractivity (Wildman–Crippen MR) is 66.0 cm³/mol. The van der Waals surface area contributed by atoms with Crippen LogP contribution in [0.2, 0.25) is 0 Å². The molecule has 0 fully saturated rings. The molecule has 4 nitrogen and oxygen atoms in total. The highest BCUT2D eigenvalue weighted by atomic mass is 16.4. The van der Waals surface area contributed by atoms with Crippen molar-refractivity contribution in [1.29, 1.82) is 0 Å². The van der Waals surface area contributed by atoms with E-state index in [0.717, 1.165) is 5.56 Å². The molecule has 1 aromatic carbocycles. The van der Waals surface area contributed by atoms with Gasteiger partial charge in [0.05, 0.1) is 0 Å².